The van der Waals surface area contributed by atoms with E-state index in [0.29, 0.717) is 5.92 Å². The highest BCUT2D eigenvalue weighted by Gasteiger charge is 2.27. The minimum absolute atomic E-state index is 0.262. The monoisotopic (exact) mass is 290 g/mol. The fourth-order valence-corrected chi connectivity index (χ4v) is 3.39. The number of hydrazine groups is 1. The Labute approximate surface area is 129 Å². The molecule has 0 radical (unpaired) electrons. The SMILES string of the molecule is CCCCOc1ccc(C(NN)C2CCCC(C)C2)cc1. The van der Waals surface area contributed by atoms with Crippen LogP contribution in [0.1, 0.15) is 64.0 Å². The molecule has 0 amide bonds. The van der Waals surface area contributed by atoms with Gasteiger partial charge in [0.2, 0.25) is 0 Å². The van der Waals surface area contributed by atoms with Crippen molar-refractivity contribution in [3.8, 4) is 5.75 Å². The molecule has 3 N–H and O–H groups in total. The summed E-state index contributed by atoms with van der Waals surface area (Å²) in [5.41, 5.74) is 4.32. The number of rotatable bonds is 7. The second kappa shape index (κ2) is 8.40. The maximum atomic E-state index is 5.84. The van der Waals surface area contributed by atoms with Crippen molar-refractivity contribution < 1.29 is 4.74 Å². The molecule has 0 saturated heterocycles. The molecular formula is C18H30N2O. The van der Waals surface area contributed by atoms with Gasteiger partial charge in [-0.1, -0.05) is 45.2 Å². The maximum absolute atomic E-state index is 5.84. The van der Waals surface area contributed by atoms with Crippen LogP contribution >= 0.6 is 0 Å². The number of hydrogen-bond acceptors (Lipinski definition) is 3. The van der Waals surface area contributed by atoms with Crippen molar-refractivity contribution in [2.75, 3.05) is 6.61 Å². The van der Waals surface area contributed by atoms with Crippen molar-refractivity contribution in [2.45, 2.75) is 58.4 Å². The van der Waals surface area contributed by atoms with Crippen molar-refractivity contribution >= 4 is 0 Å². The molecule has 1 aliphatic carbocycles. The number of nitrogens with one attached hydrogen (secondary N) is 1. The van der Waals surface area contributed by atoms with Crippen LogP contribution in [-0.4, -0.2) is 6.61 Å². The summed E-state index contributed by atoms with van der Waals surface area (Å²) in [6, 6.07) is 8.72. The largest absolute Gasteiger partial charge is 0.494 e. The second-order valence-electron chi connectivity index (χ2n) is 6.45. The van der Waals surface area contributed by atoms with Gasteiger partial charge in [-0.05, 0) is 48.8 Å². The van der Waals surface area contributed by atoms with Gasteiger partial charge in [0.05, 0.1) is 6.61 Å². The summed E-state index contributed by atoms with van der Waals surface area (Å²) in [6.07, 6.45) is 7.49. The van der Waals surface area contributed by atoms with E-state index < -0.39 is 0 Å². The second-order valence-corrected chi connectivity index (χ2v) is 6.45. The highest BCUT2D eigenvalue weighted by Crippen LogP contribution is 2.37. The normalized spacial score (nSPS) is 23.8. The number of nitrogens with two attached hydrogens (primary N) is 1. The van der Waals surface area contributed by atoms with E-state index in [2.05, 4.69) is 43.5 Å². The van der Waals surface area contributed by atoms with E-state index >= 15 is 0 Å². The molecule has 3 nitrogen and oxygen atoms in total. The lowest BCUT2D eigenvalue weighted by Crippen LogP contribution is -2.35. The Hall–Kier alpha value is -1.06. The van der Waals surface area contributed by atoms with Crippen molar-refractivity contribution in [3.63, 3.8) is 0 Å². The summed E-state index contributed by atoms with van der Waals surface area (Å²) in [5.74, 6) is 8.25. The predicted molar refractivity (Wildman–Crippen MR) is 88.0 cm³/mol. The fourth-order valence-electron chi connectivity index (χ4n) is 3.39. The van der Waals surface area contributed by atoms with Crippen molar-refractivity contribution in [2.24, 2.45) is 17.7 Å². The molecule has 3 unspecified atom stereocenters. The first kappa shape index (κ1) is 16.3. The molecule has 3 heteroatoms. The molecule has 118 valence electrons. The number of benzene rings is 1. The van der Waals surface area contributed by atoms with Crippen LogP contribution in [0.4, 0.5) is 0 Å². The Balaban J connectivity index is 1.97. The first-order chi connectivity index (χ1) is 10.2. The van der Waals surface area contributed by atoms with Crippen molar-refractivity contribution in [1.82, 2.24) is 5.43 Å². The summed E-state index contributed by atoms with van der Waals surface area (Å²) in [5, 5.41) is 0. The lowest BCUT2D eigenvalue weighted by molar-refractivity contribution is 0.224. The van der Waals surface area contributed by atoms with Crippen LogP contribution in [-0.2, 0) is 0 Å². The lowest BCUT2D eigenvalue weighted by atomic mass is 9.77. The number of ether oxygens (including phenoxy) is 1. The summed E-state index contributed by atoms with van der Waals surface area (Å²) >= 11 is 0. The van der Waals surface area contributed by atoms with Gasteiger partial charge in [-0.15, -0.1) is 0 Å². The smallest absolute Gasteiger partial charge is 0.119 e. The zero-order valence-electron chi connectivity index (χ0n) is 13.5. The van der Waals surface area contributed by atoms with Gasteiger partial charge in [0.1, 0.15) is 5.75 Å². The molecule has 0 heterocycles. The third kappa shape index (κ3) is 4.72. The van der Waals surface area contributed by atoms with E-state index in [9.17, 15) is 0 Å². The Bertz CT molecular complexity index is 404. The molecule has 3 atom stereocenters. The molecule has 0 aromatic heterocycles. The predicted octanol–water partition coefficient (Wildman–Crippen LogP) is 4.20. The molecule has 1 aromatic rings. The van der Waals surface area contributed by atoms with Gasteiger partial charge >= 0.3 is 0 Å². The Morgan fingerprint density at radius 2 is 2.05 bits per heavy atom. The minimum Gasteiger partial charge on any atom is -0.494 e. The van der Waals surface area contributed by atoms with E-state index in [1.54, 1.807) is 0 Å². The van der Waals surface area contributed by atoms with Gasteiger partial charge in [-0.2, -0.15) is 0 Å². The third-order valence-corrected chi connectivity index (χ3v) is 4.63. The molecule has 0 aliphatic heterocycles. The van der Waals surface area contributed by atoms with Gasteiger partial charge in [-0.25, -0.2) is 0 Å². The summed E-state index contributed by atoms with van der Waals surface area (Å²) in [7, 11) is 0. The van der Waals surface area contributed by atoms with Crippen LogP contribution in [0, 0.1) is 11.8 Å². The highest BCUT2D eigenvalue weighted by atomic mass is 16.5. The Kier molecular flexibility index (Phi) is 6.52. The van der Waals surface area contributed by atoms with Crippen LogP contribution in [0.2, 0.25) is 0 Å². The van der Waals surface area contributed by atoms with E-state index in [0.717, 1.165) is 31.1 Å². The zero-order chi connectivity index (χ0) is 15.1. The van der Waals surface area contributed by atoms with Crippen LogP contribution in [0.3, 0.4) is 0 Å². The van der Waals surface area contributed by atoms with Gasteiger partial charge in [0.25, 0.3) is 0 Å². The quantitative estimate of drug-likeness (QED) is 0.449. The standard InChI is InChI=1S/C18H30N2O/c1-3-4-12-21-17-10-8-15(9-11-17)18(20-19)16-7-5-6-14(2)13-16/h8-11,14,16,18,20H,3-7,12-13,19H2,1-2H3. The third-order valence-electron chi connectivity index (χ3n) is 4.63. The van der Waals surface area contributed by atoms with Crippen molar-refractivity contribution in [1.29, 1.82) is 0 Å². The average Bonchev–Trinajstić information content (AvgIpc) is 2.50. The topological polar surface area (TPSA) is 47.3 Å². The van der Waals surface area contributed by atoms with E-state index in [-0.39, 0.29) is 6.04 Å². The molecule has 21 heavy (non-hydrogen) atoms. The van der Waals surface area contributed by atoms with Gasteiger partial charge in [0, 0.05) is 6.04 Å². The summed E-state index contributed by atoms with van der Waals surface area (Å²) in [6.45, 7) is 5.33. The minimum atomic E-state index is 0.262. The first-order valence-electron chi connectivity index (χ1n) is 8.43. The number of hydrogen-bond donors (Lipinski definition) is 2. The van der Waals surface area contributed by atoms with E-state index in [1.165, 1.54) is 31.2 Å². The molecule has 0 bridgehead atoms. The maximum Gasteiger partial charge on any atom is 0.119 e. The molecule has 1 aromatic carbocycles. The Morgan fingerprint density at radius 1 is 1.29 bits per heavy atom. The van der Waals surface area contributed by atoms with E-state index in [4.69, 9.17) is 10.6 Å². The molecule has 0 spiro atoms. The highest BCUT2D eigenvalue weighted by molar-refractivity contribution is 5.29. The molecule has 1 aliphatic rings. The summed E-state index contributed by atoms with van der Waals surface area (Å²) < 4.78 is 5.73. The fraction of sp³-hybridized carbons (Fsp3) is 0.667. The van der Waals surface area contributed by atoms with Crippen LogP contribution in [0.15, 0.2) is 24.3 Å². The van der Waals surface area contributed by atoms with Crippen LogP contribution in [0.5, 0.6) is 5.75 Å². The Morgan fingerprint density at radius 3 is 2.67 bits per heavy atom. The lowest BCUT2D eigenvalue weighted by Gasteiger charge is -2.33. The molecule has 1 fully saturated rings. The molecule has 2 rings (SSSR count). The zero-order valence-corrected chi connectivity index (χ0v) is 13.5. The van der Waals surface area contributed by atoms with Gasteiger partial charge in [-0.3, -0.25) is 11.3 Å². The van der Waals surface area contributed by atoms with Gasteiger partial charge in [0.15, 0.2) is 0 Å². The van der Waals surface area contributed by atoms with Crippen LogP contribution in [0.25, 0.3) is 0 Å². The molecular weight excluding hydrogens is 260 g/mol. The molecule has 1 saturated carbocycles. The van der Waals surface area contributed by atoms with Crippen molar-refractivity contribution in [3.05, 3.63) is 29.8 Å². The average molecular weight is 290 g/mol. The first-order valence-corrected chi connectivity index (χ1v) is 8.43. The summed E-state index contributed by atoms with van der Waals surface area (Å²) in [4.78, 5) is 0. The van der Waals surface area contributed by atoms with Gasteiger partial charge < -0.3 is 4.74 Å². The van der Waals surface area contributed by atoms with Crippen LogP contribution < -0.4 is 16.0 Å². The van der Waals surface area contributed by atoms with E-state index in [1.807, 2.05) is 0 Å². The number of unbranched alkanes of at least 4 members (excludes halogenated alkanes) is 1.